The van der Waals surface area contributed by atoms with Crippen LogP contribution in [0.4, 0.5) is 11.4 Å². The molecular formula is C13H8Cl2N4OS. The lowest BCUT2D eigenvalue weighted by Gasteiger charge is -2.08. The first kappa shape index (κ1) is 14.1. The van der Waals surface area contributed by atoms with Gasteiger partial charge in [-0.3, -0.25) is 4.79 Å². The van der Waals surface area contributed by atoms with Gasteiger partial charge in [-0.05, 0) is 30.3 Å². The molecule has 3 N–H and O–H groups in total. The summed E-state index contributed by atoms with van der Waals surface area (Å²) in [6, 6.07) is 8.07. The van der Waals surface area contributed by atoms with Crippen molar-refractivity contribution in [3.63, 3.8) is 0 Å². The van der Waals surface area contributed by atoms with E-state index < -0.39 is 0 Å². The van der Waals surface area contributed by atoms with Crippen molar-refractivity contribution in [3.8, 4) is 0 Å². The summed E-state index contributed by atoms with van der Waals surface area (Å²) in [6.45, 7) is 0. The van der Waals surface area contributed by atoms with E-state index in [1.807, 2.05) is 0 Å². The number of hydrogen-bond acceptors (Lipinski definition) is 5. The lowest BCUT2D eigenvalue weighted by atomic mass is 10.2. The molecule has 0 aliphatic carbocycles. The Kier molecular flexibility index (Phi) is 3.67. The fourth-order valence-electron chi connectivity index (χ4n) is 1.82. The number of nitrogens with one attached hydrogen (secondary N) is 1. The topological polar surface area (TPSA) is 80.9 Å². The number of hydrogen-bond donors (Lipinski definition) is 2. The third-order valence-corrected chi connectivity index (χ3v) is 4.08. The third kappa shape index (κ3) is 2.65. The molecular weight excluding hydrogens is 331 g/mol. The fraction of sp³-hybridized carbons (Fsp3) is 0. The molecule has 0 saturated heterocycles. The van der Waals surface area contributed by atoms with E-state index in [9.17, 15) is 4.79 Å². The molecule has 5 nitrogen and oxygen atoms in total. The highest BCUT2D eigenvalue weighted by Crippen LogP contribution is 2.30. The number of amides is 1. The number of nitrogen functional groups attached to an aromatic ring is 1. The van der Waals surface area contributed by atoms with Gasteiger partial charge in [0.1, 0.15) is 11.0 Å². The van der Waals surface area contributed by atoms with E-state index in [0.29, 0.717) is 38.0 Å². The lowest BCUT2D eigenvalue weighted by Crippen LogP contribution is -2.13. The van der Waals surface area contributed by atoms with Crippen molar-refractivity contribution >= 4 is 63.2 Å². The molecule has 1 amide bonds. The minimum atomic E-state index is -0.347. The summed E-state index contributed by atoms with van der Waals surface area (Å²) in [4.78, 5) is 12.3. The van der Waals surface area contributed by atoms with E-state index in [1.165, 1.54) is 6.07 Å². The number of nitrogens with two attached hydrogens (primary N) is 1. The minimum absolute atomic E-state index is 0.337. The van der Waals surface area contributed by atoms with Gasteiger partial charge in [-0.25, -0.2) is 0 Å². The van der Waals surface area contributed by atoms with Crippen molar-refractivity contribution in [2.24, 2.45) is 0 Å². The quantitative estimate of drug-likeness (QED) is 0.695. The van der Waals surface area contributed by atoms with Gasteiger partial charge >= 0.3 is 0 Å². The molecule has 106 valence electrons. The normalized spacial score (nSPS) is 10.8. The molecule has 0 aliphatic rings. The summed E-state index contributed by atoms with van der Waals surface area (Å²) in [5.74, 6) is -0.347. The monoisotopic (exact) mass is 338 g/mol. The molecule has 21 heavy (non-hydrogen) atoms. The van der Waals surface area contributed by atoms with Gasteiger partial charge in [0, 0.05) is 5.56 Å². The highest BCUT2D eigenvalue weighted by atomic mass is 35.5. The van der Waals surface area contributed by atoms with Gasteiger partial charge in [-0.1, -0.05) is 23.2 Å². The molecule has 0 atom stereocenters. The van der Waals surface area contributed by atoms with E-state index in [2.05, 4.69) is 14.1 Å². The summed E-state index contributed by atoms with van der Waals surface area (Å²) < 4.78 is 8.25. The Bertz CT molecular complexity index is 849. The number of fused-ring (bicyclic) bond motifs is 1. The van der Waals surface area contributed by atoms with E-state index in [-0.39, 0.29) is 5.91 Å². The Labute approximate surface area is 134 Å². The molecule has 0 unspecified atom stereocenters. The maximum atomic E-state index is 12.3. The number of anilines is 2. The summed E-state index contributed by atoms with van der Waals surface area (Å²) in [6.07, 6.45) is 0. The van der Waals surface area contributed by atoms with Crippen LogP contribution in [-0.4, -0.2) is 14.7 Å². The van der Waals surface area contributed by atoms with Crippen molar-refractivity contribution in [2.45, 2.75) is 0 Å². The predicted molar refractivity (Wildman–Crippen MR) is 86.2 cm³/mol. The maximum absolute atomic E-state index is 12.3. The Morgan fingerprint density at radius 3 is 2.67 bits per heavy atom. The third-order valence-electron chi connectivity index (χ3n) is 2.87. The molecule has 0 saturated carbocycles. The van der Waals surface area contributed by atoms with E-state index in [4.69, 9.17) is 28.9 Å². The molecule has 3 rings (SSSR count). The lowest BCUT2D eigenvalue weighted by molar-refractivity contribution is 0.102. The van der Waals surface area contributed by atoms with Crippen LogP contribution in [0.2, 0.25) is 10.0 Å². The average Bonchev–Trinajstić information content (AvgIpc) is 2.93. The Hall–Kier alpha value is -1.89. The highest BCUT2D eigenvalue weighted by Gasteiger charge is 2.14. The van der Waals surface area contributed by atoms with Crippen molar-refractivity contribution in [2.75, 3.05) is 11.1 Å². The van der Waals surface area contributed by atoms with Crippen LogP contribution in [0.15, 0.2) is 30.3 Å². The van der Waals surface area contributed by atoms with Crippen molar-refractivity contribution in [3.05, 3.63) is 45.9 Å². The van der Waals surface area contributed by atoms with Crippen LogP contribution in [0.3, 0.4) is 0 Å². The van der Waals surface area contributed by atoms with Gasteiger partial charge in [0.2, 0.25) is 0 Å². The second-order valence-electron chi connectivity index (χ2n) is 4.24. The van der Waals surface area contributed by atoms with Crippen LogP contribution in [-0.2, 0) is 0 Å². The molecule has 1 heterocycles. The zero-order valence-electron chi connectivity index (χ0n) is 10.4. The highest BCUT2D eigenvalue weighted by molar-refractivity contribution is 7.00. The molecule has 2 aromatic carbocycles. The van der Waals surface area contributed by atoms with Crippen LogP contribution in [0.25, 0.3) is 11.0 Å². The van der Waals surface area contributed by atoms with Gasteiger partial charge in [0.15, 0.2) is 0 Å². The smallest absolute Gasteiger partial charge is 0.255 e. The van der Waals surface area contributed by atoms with Gasteiger partial charge in [0.05, 0.1) is 33.1 Å². The van der Waals surface area contributed by atoms with E-state index in [1.54, 1.807) is 24.3 Å². The van der Waals surface area contributed by atoms with E-state index in [0.717, 1.165) is 11.7 Å². The number of halogens is 2. The first-order chi connectivity index (χ1) is 10.1. The van der Waals surface area contributed by atoms with Crippen molar-refractivity contribution < 1.29 is 4.79 Å². The Morgan fingerprint density at radius 2 is 1.90 bits per heavy atom. The fourth-order valence-corrected chi connectivity index (χ4v) is 2.68. The molecule has 0 bridgehead atoms. The first-order valence-corrected chi connectivity index (χ1v) is 7.32. The van der Waals surface area contributed by atoms with Gasteiger partial charge in [-0.2, -0.15) is 8.75 Å². The van der Waals surface area contributed by atoms with Crippen LogP contribution in [0.5, 0.6) is 0 Å². The van der Waals surface area contributed by atoms with Crippen molar-refractivity contribution in [1.29, 1.82) is 0 Å². The molecule has 0 fully saturated rings. The Balaban J connectivity index is 1.98. The molecule has 1 aromatic heterocycles. The number of nitrogens with zero attached hydrogens (tertiary/aromatic N) is 2. The number of aromatic nitrogens is 2. The largest absolute Gasteiger partial charge is 0.398 e. The second-order valence-corrected chi connectivity index (χ2v) is 5.59. The number of carbonyl (C=O) groups is 1. The van der Waals surface area contributed by atoms with Crippen LogP contribution in [0.1, 0.15) is 10.4 Å². The number of benzene rings is 2. The van der Waals surface area contributed by atoms with Crippen LogP contribution in [0, 0.1) is 0 Å². The van der Waals surface area contributed by atoms with Crippen LogP contribution < -0.4 is 11.1 Å². The second kappa shape index (κ2) is 5.48. The maximum Gasteiger partial charge on any atom is 0.255 e. The molecule has 3 aromatic rings. The van der Waals surface area contributed by atoms with Gasteiger partial charge < -0.3 is 11.1 Å². The standard InChI is InChI=1S/C13H8Cl2N4OS/c14-7-2-1-6(5-9(7)16)13(20)17-11-8(15)3-4-10-12(11)19-21-18-10/h1-5H,16H2,(H,17,20). The van der Waals surface area contributed by atoms with Gasteiger partial charge in [0.25, 0.3) is 5.91 Å². The average molecular weight is 339 g/mol. The molecule has 8 heteroatoms. The molecule has 0 radical (unpaired) electrons. The van der Waals surface area contributed by atoms with E-state index >= 15 is 0 Å². The first-order valence-electron chi connectivity index (χ1n) is 5.83. The Morgan fingerprint density at radius 1 is 1.14 bits per heavy atom. The molecule has 0 spiro atoms. The zero-order valence-corrected chi connectivity index (χ0v) is 12.8. The predicted octanol–water partition coefficient (Wildman–Crippen LogP) is 3.83. The molecule has 0 aliphatic heterocycles. The summed E-state index contributed by atoms with van der Waals surface area (Å²) in [5.41, 5.74) is 8.08. The van der Waals surface area contributed by atoms with Crippen LogP contribution >= 0.6 is 34.9 Å². The number of rotatable bonds is 2. The summed E-state index contributed by atoms with van der Waals surface area (Å²) in [7, 11) is 0. The minimum Gasteiger partial charge on any atom is -0.398 e. The summed E-state index contributed by atoms with van der Waals surface area (Å²) >= 11 is 13.0. The summed E-state index contributed by atoms with van der Waals surface area (Å²) in [5, 5.41) is 3.53. The zero-order chi connectivity index (χ0) is 15.0. The van der Waals surface area contributed by atoms with Gasteiger partial charge in [-0.15, -0.1) is 0 Å². The van der Waals surface area contributed by atoms with Crippen molar-refractivity contribution in [1.82, 2.24) is 8.75 Å². The SMILES string of the molecule is Nc1cc(C(=O)Nc2c(Cl)ccc3nsnc23)ccc1Cl. The number of carbonyl (C=O) groups excluding carboxylic acids is 1.